The number of benzene rings is 2. The molecule has 166 valence electrons. The predicted molar refractivity (Wildman–Crippen MR) is 126 cm³/mol. The number of likely N-dealkylation sites (tertiary alicyclic amines) is 1. The van der Waals surface area contributed by atoms with Gasteiger partial charge in [0, 0.05) is 23.5 Å². The smallest absolute Gasteiger partial charge is 0.226 e. The number of piperidine rings is 1. The highest BCUT2D eigenvalue weighted by Crippen LogP contribution is 2.42. The first-order valence-electron chi connectivity index (χ1n) is 11.2. The average Bonchev–Trinajstić information content (AvgIpc) is 3.42. The first-order chi connectivity index (χ1) is 15.6. The Kier molecular flexibility index (Phi) is 6.04. The van der Waals surface area contributed by atoms with Crippen LogP contribution in [0.5, 0.6) is 0 Å². The van der Waals surface area contributed by atoms with Crippen LogP contribution in [0.1, 0.15) is 36.4 Å². The van der Waals surface area contributed by atoms with Gasteiger partial charge < -0.3 is 14.6 Å². The molecule has 0 aliphatic carbocycles. The zero-order valence-corrected chi connectivity index (χ0v) is 18.7. The molecule has 0 radical (unpaired) electrons. The molecule has 2 atom stereocenters. The predicted octanol–water partition coefficient (Wildman–Crippen LogP) is 3.65. The molecule has 3 aromatic rings. The summed E-state index contributed by atoms with van der Waals surface area (Å²) in [6.07, 6.45) is 6.11. The topological polar surface area (TPSA) is 84.4 Å². The largest absolute Gasteiger partial charge is 0.393 e. The molecule has 3 N–H and O–H groups in total. The van der Waals surface area contributed by atoms with Crippen LogP contribution in [0.25, 0.3) is 11.3 Å². The summed E-state index contributed by atoms with van der Waals surface area (Å²) in [6.45, 7) is 1.41. The molecule has 32 heavy (non-hydrogen) atoms. The maximum Gasteiger partial charge on any atom is 0.226 e. The van der Waals surface area contributed by atoms with E-state index in [0.29, 0.717) is 25.9 Å². The number of aliphatic hydroxyl groups excluding tert-OH is 1. The molecule has 7 heteroatoms. The standard InChI is InChI=1S/C25H28N4O2S/c26-32-19-7-5-17(6-8-19)13-25(31)28-11-9-18(10-12-28)24(30)14-22-20-3-1-2-4-21(20)23-15-27-16-29(22)23/h1-8,15-16,18,22,24,30H,9-14,26H2. The van der Waals surface area contributed by atoms with E-state index < -0.39 is 6.10 Å². The van der Waals surface area contributed by atoms with E-state index in [9.17, 15) is 9.90 Å². The first-order valence-corrected chi connectivity index (χ1v) is 12.0. The van der Waals surface area contributed by atoms with E-state index in [1.807, 2.05) is 47.8 Å². The van der Waals surface area contributed by atoms with Crippen LogP contribution in [0.4, 0.5) is 0 Å². The van der Waals surface area contributed by atoms with E-state index in [2.05, 4.69) is 27.8 Å². The maximum atomic E-state index is 12.7. The van der Waals surface area contributed by atoms with Gasteiger partial charge in [0.25, 0.3) is 0 Å². The van der Waals surface area contributed by atoms with Crippen LogP contribution in [-0.4, -0.2) is 44.7 Å². The molecule has 0 bridgehead atoms. The van der Waals surface area contributed by atoms with E-state index in [4.69, 9.17) is 5.14 Å². The van der Waals surface area contributed by atoms with Gasteiger partial charge in [0.15, 0.2) is 0 Å². The maximum absolute atomic E-state index is 12.7. The Morgan fingerprint density at radius 1 is 1.16 bits per heavy atom. The number of aliphatic hydroxyl groups is 1. The second kappa shape index (κ2) is 9.10. The van der Waals surface area contributed by atoms with E-state index in [-0.39, 0.29) is 17.9 Å². The summed E-state index contributed by atoms with van der Waals surface area (Å²) in [5.74, 6) is 0.360. The third kappa shape index (κ3) is 4.08. The summed E-state index contributed by atoms with van der Waals surface area (Å²) in [6, 6.07) is 16.3. The second-order valence-corrected chi connectivity index (χ2v) is 9.46. The van der Waals surface area contributed by atoms with Crippen LogP contribution in [0.2, 0.25) is 0 Å². The zero-order valence-electron chi connectivity index (χ0n) is 17.9. The lowest BCUT2D eigenvalue weighted by Gasteiger charge is -2.35. The summed E-state index contributed by atoms with van der Waals surface area (Å²) in [4.78, 5) is 20.0. The number of hydrogen-bond donors (Lipinski definition) is 2. The van der Waals surface area contributed by atoms with Crippen molar-refractivity contribution in [2.45, 2.75) is 42.7 Å². The molecule has 5 rings (SSSR count). The molecule has 0 spiro atoms. The summed E-state index contributed by atoms with van der Waals surface area (Å²) >= 11 is 1.21. The van der Waals surface area contributed by atoms with Crippen LogP contribution >= 0.6 is 11.9 Å². The highest BCUT2D eigenvalue weighted by Gasteiger charge is 2.33. The Labute approximate surface area is 192 Å². The number of aromatic nitrogens is 2. The molecule has 1 saturated heterocycles. The molecule has 2 aliphatic rings. The van der Waals surface area contributed by atoms with Gasteiger partial charge >= 0.3 is 0 Å². The van der Waals surface area contributed by atoms with E-state index >= 15 is 0 Å². The number of nitrogens with two attached hydrogens (primary N) is 1. The minimum atomic E-state index is -0.403. The van der Waals surface area contributed by atoms with Gasteiger partial charge in [-0.1, -0.05) is 36.4 Å². The number of carbonyl (C=O) groups is 1. The van der Waals surface area contributed by atoms with E-state index in [0.717, 1.165) is 29.0 Å². The van der Waals surface area contributed by atoms with Gasteiger partial charge in [-0.2, -0.15) is 0 Å². The zero-order chi connectivity index (χ0) is 22.1. The minimum absolute atomic E-state index is 0.119. The van der Waals surface area contributed by atoms with Crippen LogP contribution in [0.3, 0.4) is 0 Å². The fourth-order valence-corrected chi connectivity index (χ4v) is 5.39. The molecule has 2 aromatic carbocycles. The molecule has 1 fully saturated rings. The molecule has 6 nitrogen and oxygen atoms in total. The Bertz CT molecular complexity index is 1090. The lowest BCUT2D eigenvalue weighted by atomic mass is 9.86. The van der Waals surface area contributed by atoms with Gasteiger partial charge in [-0.05, 0) is 60.4 Å². The fraction of sp³-hybridized carbons (Fsp3) is 0.360. The quantitative estimate of drug-likeness (QED) is 0.563. The monoisotopic (exact) mass is 448 g/mol. The van der Waals surface area contributed by atoms with Gasteiger partial charge in [0.2, 0.25) is 5.91 Å². The third-order valence-corrected chi connectivity index (χ3v) is 7.46. The van der Waals surface area contributed by atoms with Crippen molar-refractivity contribution >= 4 is 17.9 Å². The van der Waals surface area contributed by atoms with E-state index in [1.165, 1.54) is 23.1 Å². The van der Waals surface area contributed by atoms with Crippen molar-refractivity contribution in [2.24, 2.45) is 11.1 Å². The number of amides is 1. The SMILES string of the molecule is NSc1ccc(CC(=O)N2CCC(C(O)CC3c4ccccc4-c4cncn43)CC2)cc1. The van der Waals surface area contributed by atoms with Crippen LogP contribution in [0, 0.1) is 5.92 Å². The Morgan fingerprint density at radius 2 is 1.91 bits per heavy atom. The summed E-state index contributed by atoms with van der Waals surface area (Å²) in [7, 11) is 0. The molecule has 0 saturated carbocycles. The number of imidazole rings is 1. The minimum Gasteiger partial charge on any atom is -0.393 e. The Hall–Kier alpha value is -2.61. The molecule has 2 unspecified atom stereocenters. The van der Waals surface area contributed by atoms with Crippen molar-refractivity contribution in [3.05, 3.63) is 72.2 Å². The summed E-state index contributed by atoms with van der Waals surface area (Å²) < 4.78 is 2.18. The van der Waals surface area contributed by atoms with Crippen molar-refractivity contribution in [3.63, 3.8) is 0 Å². The van der Waals surface area contributed by atoms with E-state index in [1.54, 1.807) is 0 Å². The van der Waals surface area contributed by atoms with Crippen molar-refractivity contribution < 1.29 is 9.90 Å². The molecule has 3 heterocycles. The lowest BCUT2D eigenvalue weighted by molar-refractivity contribution is -0.132. The molecule has 2 aliphatic heterocycles. The van der Waals surface area contributed by atoms with Crippen LogP contribution < -0.4 is 5.14 Å². The second-order valence-electron chi connectivity index (χ2n) is 8.75. The van der Waals surface area contributed by atoms with Gasteiger partial charge in [-0.25, -0.2) is 4.98 Å². The Balaban J connectivity index is 1.17. The highest BCUT2D eigenvalue weighted by atomic mass is 32.2. The van der Waals surface area contributed by atoms with Crippen LogP contribution in [0.15, 0.2) is 66.0 Å². The summed E-state index contributed by atoms with van der Waals surface area (Å²) in [5.41, 5.74) is 4.60. The van der Waals surface area contributed by atoms with Gasteiger partial charge in [0.1, 0.15) is 0 Å². The third-order valence-electron chi connectivity index (χ3n) is 6.91. The number of rotatable bonds is 6. The lowest BCUT2D eigenvalue weighted by Crippen LogP contribution is -2.42. The molecular formula is C25H28N4O2S. The summed E-state index contributed by atoms with van der Waals surface area (Å²) in [5, 5.41) is 16.6. The number of nitrogens with zero attached hydrogens (tertiary/aromatic N) is 3. The number of fused-ring (bicyclic) bond motifs is 3. The van der Waals surface area contributed by atoms with Gasteiger partial charge in [-0.15, -0.1) is 0 Å². The molecular weight excluding hydrogens is 420 g/mol. The highest BCUT2D eigenvalue weighted by molar-refractivity contribution is 7.97. The van der Waals surface area contributed by atoms with Crippen LogP contribution in [-0.2, 0) is 11.2 Å². The fourth-order valence-electron chi connectivity index (χ4n) is 5.10. The average molecular weight is 449 g/mol. The van der Waals surface area contributed by atoms with Crippen molar-refractivity contribution in [1.82, 2.24) is 14.5 Å². The van der Waals surface area contributed by atoms with Gasteiger partial charge in [-0.3, -0.25) is 9.93 Å². The van der Waals surface area contributed by atoms with Crippen molar-refractivity contribution in [1.29, 1.82) is 0 Å². The Morgan fingerprint density at radius 3 is 2.66 bits per heavy atom. The van der Waals surface area contributed by atoms with Crippen molar-refractivity contribution in [3.8, 4) is 11.3 Å². The molecule has 1 aromatic heterocycles. The van der Waals surface area contributed by atoms with Crippen molar-refractivity contribution in [2.75, 3.05) is 13.1 Å². The first kappa shape index (κ1) is 21.2. The number of hydrogen-bond acceptors (Lipinski definition) is 5. The molecule has 1 amide bonds. The van der Waals surface area contributed by atoms with Gasteiger partial charge in [0.05, 0.1) is 36.8 Å². The number of carbonyl (C=O) groups excluding carboxylic acids is 1. The normalized spacial score (nSPS) is 18.9.